The van der Waals surface area contributed by atoms with Gasteiger partial charge in [-0.3, -0.25) is 9.69 Å². The van der Waals surface area contributed by atoms with Crippen molar-refractivity contribution in [1.82, 2.24) is 39.3 Å². The average Bonchev–Trinajstić information content (AvgIpc) is 3.34. The van der Waals surface area contributed by atoms with Crippen molar-refractivity contribution in [2.24, 2.45) is 0 Å². The monoisotopic (exact) mass is 581 g/mol. The number of nitrogens with one attached hydrogen (secondary N) is 1. The Kier molecular flexibility index (Phi) is 9.99. The number of nitrogens with two attached hydrogens (primary N) is 1. The number of aromatic nitrogens is 5. The van der Waals surface area contributed by atoms with Gasteiger partial charge in [-0.15, -0.1) is 5.10 Å². The molecule has 1 aliphatic heterocycles. The fourth-order valence-corrected chi connectivity index (χ4v) is 5.11. The Hall–Kier alpha value is -4.20. The molecule has 4 heterocycles. The highest BCUT2D eigenvalue weighted by Gasteiger charge is 2.24. The molecule has 0 spiro atoms. The number of nitrogen functional groups attached to an aromatic ring is 1. The lowest BCUT2D eigenvalue weighted by Gasteiger charge is -2.36. The summed E-state index contributed by atoms with van der Waals surface area (Å²) >= 11 is 0. The number of pyridine rings is 1. The van der Waals surface area contributed by atoms with Crippen LogP contribution < -0.4 is 16.0 Å². The minimum atomic E-state index is -0.975. The lowest BCUT2D eigenvalue weighted by Crippen LogP contribution is -2.51. The fraction of sp³-hybridized carbons (Fsp3) is 0.571. The van der Waals surface area contributed by atoms with Gasteiger partial charge in [0.1, 0.15) is 5.82 Å². The molecule has 14 heteroatoms. The summed E-state index contributed by atoms with van der Waals surface area (Å²) < 4.78 is 1.75. The average molecular weight is 582 g/mol. The molecule has 0 saturated carbocycles. The number of hydrogen-bond acceptors (Lipinski definition) is 10. The van der Waals surface area contributed by atoms with Crippen LogP contribution in [0.25, 0.3) is 5.65 Å². The van der Waals surface area contributed by atoms with Crippen molar-refractivity contribution in [3.63, 3.8) is 0 Å². The van der Waals surface area contributed by atoms with Crippen LogP contribution in [0, 0.1) is 6.92 Å². The second-order valence-corrected chi connectivity index (χ2v) is 11.1. The maximum Gasteiger partial charge on any atom is 0.407 e. The van der Waals surface area contributed by atoms with E-state index in [1.54, 1.807) is 10.7 Å². The molecule has 1 unspecified atom stereocenters. The Morgan fingerprint density at radius 3 is 2.55 bits per heavy atom. The number of imidazole rings is 1. The highest BCUT2D eigenvalue weighted by molar-refractivity contribution is 5.78. The van der Waals surface area contributed by atoms with Gasteiger partial charge < -0.3 is 30.9 Å². The van der Waals surface area contributed by atoms with Crippen molar-refractivity contribution in [3.05, 3.63) is 35.3 Å². The van der Waals surface area contributed by atoms with Crippen molar-refractivity contribution < 1.29 is 14.7 Å². The Bertz CT molecular complexity index is 1390. The van der Waals surface area contributed by atoms with Crippen molar-refractivity contribution in [2.45, 2.75) is 46.1 Å². The highest BCUT2D eigenvalue weighted by Crippen LogP contribution is 2.22. The van der Waals surface area contributed by atoms with Gasteiger partial charge in [0.05, 0.1) is 18.4 Å². The van der Waals surface area contributed by atoms with Gasteiger partial charge in [-0.1, -0.05) is 19.4 Å². The van der Waals surface area contributed by atoms with Gasteiger partial charge in [0.2, 0.25) is 11.9 Å². The molecule has 14 nitrogen and oxygen atoms in total. The normalized spacial score (nSPS) is 14.4. The van der Waals surface area contributed by atoms with Crippen LogP contribution in [0.5, 0.6) is 0 Å². The topological polar surface area (TPSA) is 161 Å². The van der Waals surface area contributed by atoms with E-state index in [1.165, 1.54) is 11.9 Å². The molecule has 4 N–H and O–H groups in total. The highest BCUT2D eigenvalue weighted by atomic mass is 16.4. The number of fused-ring (bicyclic) bond motifs is 1. The summed E-state index contributed by atoms with van der Waals surface area (Å²) in [5, 5.41) is 17.0. The number of carboxylic acid groups (broad SMARTS) is 1. The van der Waals surface area contributed by atoms with Gasteiger partial charge in [-0.25, -0.2) is 19.3 Å². The first-order valence-electron chi connectivity index (χ1n) is 14.4. The predicted molar refractivity (Wildman–Crippen MR) is 162 cm³/mol. The van der Waals surface area contributed by atoms with Crippen molar-refractivity contribution in [1.29, 1.82) is 0 Å². The summed E-state index contributed by atoms with van der Waals surface area (Å²) in [7, 11) is 3.35. The van der Waals surface area contributed by atoms with E-state index >= 15 is 0 Å². The van der Waals surface area contributed by atoms with E-state index in [0.717, 1.165) is 35.5 Å². The molecule has 4 rings (SSSR count). The number of aryl methyl sites for hydroxylation is 1. The van der Waals surface area contributed by atoms with E-state index in [1.807, 2.05) is 23.0 Å². The van der Waals surface area contributed by atoms with Gasteiger partial charge in [0, 0.05) is 65.0 Å². The number of hydrogen-bond donors (Lipinski definition) is 3. The van der Waals surface area contributed by atoms with Crippen LogP contribution in [0.1, 0.15) is 43.5 Å². The molecule has 0 bridgehead atoms. The second-order valence-electron chi connectivity index (χ2n) is 11.1. The van der Waals surface area contributed by atoms with Crippen molar-refractivity contribution >= 4 is 35.2 Å². The van der Waals surface area contributed by atoms with Crippen LogP contribution in [-0.2, 0) is 11.2 Å². The molecule has 3 aromatic heterocycles. The minimum absolute atomic E-state index is 0.0471. The summed E-state index contributed by atoms with van der Waals surface area (Å²) in [5.41, 5.74) is 9.71. The number of amides is 2. The van der Waals surface area contributed by atoms with Gasteiger partial charge in [0.25, 0.3) is 0 Å². The Labute approximate surface area is 246 Å². The molecule has 228 valence electrons. The fourth-order valence-electron chi connectivity index (χ4n) is 5.11. The van der Waals surface area contributed by atoms with Crippen molar-refractivity contribution in [3.8, 4) is 0 Å². The number of likely N-dealkylation sites (N-methyl/N-ethyl adjacent to an activating group) is 2. The molecule has 1 aliphatic rings. The van der Waals surface area contributed by atoms with Gasteiger partial charge in [-0.2, -0.15) is 4.98 Å². The molecular formula is C28H43N11O3. The zero-order chi connectivity index (χ0) is 30.4. The Morgan fingerprint density at radius 1 is 1.14 bits per heavy atom. The molecule has 0 radical (unpaired) electrons. The Morgan fingerprint density at radius 2 is 1.88 bits per heavy atom. The number of anilines is 3. The first kappa shape index (κ1) is 30.8. The number of rotatable bonds is 12. The van der Waals surface area contributed by atoms with E-state index in [9.17, 15) is 9.59 Å². The minimum Gasteiger partial charge on any atom is -0.465 e. The first-order valence-corrected chi connectivity index (χ1v) is 14.4. The summed E-state index contributed by atoms with van der Waals surface area (Å²) in [6.07, 6.45) is 5.35. The molecule has 2 amide bonds. The zero-order valence-corrected chi connectivity index (χ0v) is 25.2. The summed E-state index contributed by atoms with van der Waals surface area (Å²) in [6, 6.07) is 2.37. The molecular weight excluding hydrogens is 538 g/mol. The van der Waals surface area contributed by atoms with Crippen LogP contribution in [0.15, 0.2) is 18.5 Å². The molecule has 1 fully saturated rings. The smallest absolute Gasteiger partial charge is 0.407 e. The summed E-state index contributed by atoms with van der Waals surface area (Å²) in [6.45, 7) is 10.0. The lowest BCUT2D eigenvalue weighted by atomic mass is 10.1. The second kappa shape index (κ2) is 13.6. The lowest BCUT2D eigenvalue weighted by molar-refractivity contribution is -0.132. The number of carbonyl (C=O) groups is 2. The maximum atomic E-state index is 12.8. The van der Waals surface area contributed by atoms with Gasteiger partial charge >= 0.3 is 6.09 Å². The quantitative estimate of drug-likeness (QED) is 0.286. The van der Waals surface area contributed by atoms with E-state index in [0.29, 0.717) is 63.1 Å². The van der Waals surface area contributed by atoms with Crippen LogP contribution in [-0.4, -0.2) is 122 Å². The Balaban J connectivity index is 1.35. The van der Waals surface area contributed by atoms with E-state index in [2.05, 4.69) is 52.1 Å². The maximum absolute atomic E-state index is 12.8. The summed E-state index contributed by atoms with van der Waals surface area (Å²) in [5.74, 6) is 1.79. The van der Waals surface area contributed by atoms with E-state index in [4.69, 9.17) is 15.8 Å². The third-order valence-electron chi connectivity index (χ3n) is 7.53. The van der Waals surface area contributed by atoms with E-state index in [-0.39, 0.29) is 18.5 Å². The third kappa shape index (κ3) is 7.55. The first-order chi connectivity index (χ1) is 20.0. The SMILES string of the molecule is CCCC(C)Nc1nc(N)c2ncc(Cc3cnc(N4CCN(C(=O)CN(C)CCN(C)C(=O)O)CC4)c(C)c3)n2n1. The predicted octanol–water partition coefficient (Wildman–Crippen LogP) is 1.79. The third-order valence-corrected chi connectivity index (χ3v) is 7.53. The number of piperazine rings is 1. The van der Waals surface area contributed by atoms with Crippen LogP contribution in [0.3, 0.4) is 0 Å². The van der Waals surface area contributed by atoms with Crippen LogP contribution >= 0.6 is 0 Å². The number of carbonyl (C=O) groups excluding carboxylic acids is 1. The van der Waals surface area contributed by atoms with Crippen molar-refractivity contribution in [2.75, 3.05) is 75.9 Å². The van der Waals surface area contributed by atoms with Crippen LogP contribution in [0.2, 0.25) is 0 Å². The largest absolute Gasteiger partial charge is 0.465 e. The zero-order valence-electron chi connectivity index (χ0n) is 25.2. The van der Waals surface area contributed by atoms with E-state index < -0.39 is 6.09 Å². The molecule has 1 saturated heterocycles. The van der Waals surface area contributed by atoms with Crippen LogP contribution in [0.4, 0.5) is 22.4 Å². The molecule has 1 atom stereocenters. The molecule has 42 heavy (non-hydrogen) atoms. The molecule has 0 aromatic carbocycles. The summed E-state index contributed by atoms with van der Waals surface area (Å²) in [4.78, 5) is 44.5. The standard InChI is InChI=1S/C28H43N11O3/c1-6-7-20(3)32-27-33-24(29)26-31-17-22(39(26)34-27)15-21-14-19(2)25(30-16-21)38-12-10-37(11-13-38)23(40)18-35(4)8-9-36(5)28(41)42/h14,16-17,20H,6-13,15,18H2,1-5H3,(H,41,42)(H3,29,32,33,34). The molecule has 0 aliphatic carbocycles. The van der Waals surface area contributed by atoms with Gasteiger partial charge in [-0.05, 0) is 38.4 Å². The molecule has 3 aromatic rings. The van der Waals surface area contributed by atoms with Gasteiger partial charge in [0.15, 0.2) is 11.5 Å². The number of nitrogens with zero attached hydrogens (tertiary/aromatic N) is 9.